The van der Waals surface area contributed by atoms with Crippen molar-refractivity contribution in [3.8, 4) is 10.4 Å². The van der Waals surface area contributed by atoms with Crippen LogP contribution >= 0.6 is 11.3 Å². The molecular formula is C12H15N5S. The first-order chi connectivity index (χ1) is 8.60. The molecule has 0 atom stereocenters. The summed E-state index contributed by atoms with van der Waals surface area (Å²) in [5.74, 6) is -0.0979. The zero-order valence-corrected chi connectivity index (χ0v) is 11.1. The van der Waals surface area contributed by atoms with Crippen molar-refractivity contribution in [2.45, 2.75) is 6.92 Å². The van der Waals surface area contributed by atoms with Gasteiger partial charge in [-0.2, -0.15) is 0 Å². The SMILES string of the molecule is CNc1cccc(-c2sc(NC(=N)N)nc2C)c1. The number of nitrogens with one attached hydrogen (secondary N) is 3. The van der Waals surface area contributed by atoms with Gasteiger partial charge in [-0.25, -0.2) is 4.98 Å². The van der Waals surface area contributed by atoms with Crippen molar-refractivity contribution in [3.63, 3.8) is 0 Å². The molecule has 0 radical (unpaired) electrons. The molecule has 0 aliphatic carbocycles. The highest BCUT2D eigenvalue weighted by Gasteiger charge is 2.10. The van der Waals surface area contributed by atoms with E-state index >= 15 is 0 Å². The number of aromatic nitrogens is 1. The molecule has 0 aliphatic rings. The largest absolute Gasteiger partial charge is 0.388 e. The van der Waals surface area contributed by atoms with Gasteiger partial charge in [0.25, 0.3) is 0 Å². The summed E-state index contributed by atoms with van der Waals surface area (Å²) >= 11 is 1.49. The molecule has 1 aromatic heterocycles. The fourth-order valence-corrected chi connectivity index (χ4v) is 2.62. The van der Waals surface area contributed by atoms with Gasteiger partial charge in [-0.05, 0) is 24.6 Å². The van der Waals surface area contributed by atoms with Crippen molar-refractivity contribution in [2.24, 2.45) is 5.73 Å². The molecule has 0 saturated heterocycles. The number of hydrogen-bond acceptors (Lipinski definition) is 4. The van der Waals surface area contributed by atoms with Crippen LogP contribution in [0.4, 0.5) is 10.8 Å². The topological polar surface area (TPSA) is 86.8 Å². The highest BCUT2D eigenvalue weighted by Crippen LogP contribution is 2.33. The molecular weight excluding hydrogens is 246 g/mol. The third kappa shape index (κ3) is 2.60. The first-order valence-corrected chi connectivity index (χ1v) is 6.28. The van der Waals surface area contributed by atoms with Crippen LogP contribution in [0.5, 0.6) is 0 Å². The summed E-state index contributed by atoms with van der Waals surface area (Å²) in [7, 11) is 1.89. The molecule has 0 spiro atoms. The molecule has 6 heteroatoms. The third-order valence-corrected chi connectivity index (χ3v) is 3.57. The van der Waals surface area contributed by atoms with Gasteiger partial charge in [-0.3, -0.25) is 5.41 Å². The summed E-state index contributed by atoms with van der Waals surface area (Å²) in [6, 6.07) is 8.12. The lowest BCUT2D eigenvalue weighted by molar-refractivity contribution is 1.26. The second kappa shape index (κ2) is 5.05. The summed E-state index contributed by atoms with van der Waals surface area (Å²) in [5.41, 5.74) is 8.39. The zero-order valence-electron chi connectivity index (χ0n) is 10.2. The Bertz CT molecular complexity index is 576. The smallest absolute Gasteiger partial charge is 0.192 e. The fraction of sp³-hybridized carbons (Fsp3) is 0.167. The molecule has 1 heterocycles. The maximum atomic E-state index is 7.20. The first-order valence-electron chi connectivity index (χ1n) is 5.47. The number of guanidine groups is 1. The van der Waals surface area contributed by atoms with E-state index in [1.807, 2.05) is 32.2 Å². The maximum Gasteiger partial charge on any atom is 0.192 e. The Hall–Kier alpha value is -2.08. The monoisotopic (exact) mass is 261 g/mol. The predicted octanol–water partition coefficient (Wildman–Crippen LogP) is 2.47. The fourth-order valence-electron chi connectivity index (χ4n) is 1.65. The molecule has 18 heavy (non-hydrogen) atoms. The van der Waals surface area contributed by atoms with Crippen molar-refractivity contribution < 1.29 is 0 Å². The zero-order chi connectivity index (χ0) is 13.1. The molecule has 0 bridgehead atoms. The van der Waals surface area contributed by atoms with Gasteiger partial charge in [-0.1, -0.05) is 23.5 Å². The van der Waals surface area contributed by atoms with Crippen LogP contribution in [-0.2, 0) is 0 Å². The first kappa shape index (κ1) is 12.4. The quantitative estimate of drug-likeness (QED) is 0.505. The van der Waals surface area contributed by atoms with Crippen LogP contribution in [0.1, 0.15) is 5.69 Å². The summed E-state index contributed by atoms with van der Waals surface area (Å²) in [6.07, 6.45) is 0. The number of anilines is 2. The van der Waals surface area contributed by atoms with Gasteiger partial charge in [0.2, 0.25) is 0 Å². The van der Waals surface area contributed by atoms with E-state index in [4.69, 9.17) is 11.1 Å². The van der Waals surface area contributed by atoms with E-state index in [1.165, 1.54) is 11.3 Å². The summed E-state index contributed by atoms with van der Waals surface area (Å²) in [6.45, 7) is 1.95. The molecule has 0 unspecified atom stereocenters. The van der Waals surface area contributed by atoms with Crippen LogP contribution in [0.15, 0.2) is 24.3 Å². The number of rotatable bonds is 3. The molecule has 5 N–H and O–H groups in total. The lowest BCUT2D eigenvalue weighted by Crippen LogP contribution is -2.20. The van der Waals surface area contributed by atoms with Crippen molar-refractivity contribution in [2.75, 3.05) is 17.7 Å². The van der Waals surface area contributed by atoms with Gasteiger partial charge in [0.1, 0.15) is 0 Å². The molecule has 0 aliphatic heterocycles. The number of nitrogens with two attached hydrogens (primary N) is 1. The average Bonchev–Trinajstić information content (AvgIpc) is 2.69. The van der Waals surface area contributed by atoms with Gasteiger partial charge >= 0.3 is 0 Å². The minimum Gasteiger partial charge on any atom is -0.388 e. The number of hydrogen-bond donors (Lipinski definition) is 4. The van der Waals surface area contributed by atoms with Crippen LogP contribution in [0.3, 0.4) is 0 Å². The van der Waals surface area contributed by atoms with Crippen LogP contribution < -0.4 is 16.4 Å². The second-order valence-electron chi connectivity index (χ2n) is 3.80. The average molecular weight is 261 g/mol. The number of benzene rings is 1. The molecule has 2 aromatic rings. The van der Waals surface area contributed by atoms with Crippen molar-refractivity contribution in [1.82, 2.24) is 4.98 Å². The number of thiazole rings is 1. The van der Waals surface area contributed by atoms with E-state index in [9.17, 15) is 0 Å². The molecule has 0 saturated carbocycles. The van der Waals surface area contributed by atoms with Crippen molar-refractivity contribution in [3.05, 3.63) is 30.0 Å². The normalized spacial score (nSPS) is 10.1. The van der Waals surface area contributed by atoms with E-state index in [1.54, 1.807) is 0 Å². The molecule has 5 nitrogen and oxygen atoms in total. The Kier molecular flexibility index (Phi) is 3.47. The third-order valence-electron chi connectivity index (χ3n) is 2.45. The van der Waals surface area contributed by atoms with Crippen LogP contribution in [-0.4, -0.2) is 18.0 Å². The lowest BCUT2D eigenvalue weighted by Gasteiger charge is -2.03. The molecule has 0 amide bonds. The lowest BCUT2D eigenvalue weighted by atomic mass is 10.1. The Morgan fingerprint density at radius 2 is 2.22 bits per heavy atom. The van der Waals surface area contributed by atoms with E-state index in [-0.39, 0.29) is 5.96 Å². The van der Waals surface area contributed by atoms with E-state index in [2.05, 4.69) is 21.7 Å². The number of aryl methyl sites for hydroxylation is 1. The van der Waals surface area contributed by atoms with Crippen molar-refractivity contribution >= 4 is 28.1 Å². The van der Waals surface area contributed by atoms with Gasteiger partial charge in [-0.15, -0.1) is 0 Å². The Morgan fingerprint density at radius 1 is 1.44 bits per heavy atom. The molecule has 0 fully saturated rings. The summed E-state index contributed by atoms with van der Waals surface area (Å²) in [4.78, 5) is 5.43. The van der Waals surface area contributed by atoms with E-state index < -0.39 is 0 Å². The van der Waals surface area contributed by atoms with Crippen LogP contribution in [0.2, 0.25) is 0 Å². The van der Waals surface area contributed by atoms with E-state index in [0.29, 0.717) is 5.13 Å². The minimum atomic E-state index is -0.0979. The number of nitrogens with zero attached hydrogens (tertiary/aromatic N) is 1. The van der Waals surface area contributed by atoms with E-state index in [0.717, 1.165) is 21.8 Å². The molecule has 1 aromatic carbocycles. The molecule has 2 rings (SSSR count). The highest BCUT2D eigenvalue weighted by molar-refractivity contribution is 7.19. The van der Waals surface area contributed by atoms with Crippen LogP contribution in [0, 0.1) is 12.3 Å². The standard InChI is InChI=1S/C12H15N5S/c1-7-10(18-12(16-7)17-11(13)14)8-4-3-5-9(6-8)15-2/h3-6,15H,1-2H3,(H4,13,14,16,17). The Balaban J connectivity index is 2.37. The molecule has 94 valence electrons. The second-order valence-corrected chi connectivity index (χ2v) is 4.80. The minimum absolute atomic E-state index is 0.0979. The Morgan fingerprint density at radius 3 is 2.89 bits per heavy atom. The summed E-state index contributed by atoms with van der Waals surface area (Å²) < 4.78 is 0. The highest BCUT2D eigenvalue weighted by atomic mass is 32.1. The summed E-state index contributed by atoms with van der Waals surface area (Å²) in [5, 5.41) is 13.7. The van der Waals surface area contributed by atoms with Crippen molar-refractivity contribution in [1.29, 1.82) is 5.41 Å². The predicted molar refractivity (Wildman–Crippen MR) is 77.4 cm³/mol. The van der Waals surface area contributed by atoms with Gasteiger partial charge in [0, 0.05) is 12.7 Å². The van der Waals surface area contributed by atoms with Gasteiger partial charge in [0.15, 0.2) is 11.1 Å². The van der Waals surface area contributed by atoms with Gasteiger partial charge < -0.3 is 16.4 Å². The Labute approximate surface area is 110 Å². The van der Waals surface area contributed by atoms with Gasteiger partial charge in [0.05, 0.1) is 10.6 Å². The van der Waals surface area contributed by atoms with Crippen LogP contribution in [0.25, 0.3) is 10.4 Å². The maximum absolute atomic E-state index is 7.20.